The van der Waals surface area contributed by atoms with Crippen LogP contribution >= 0.6 is 0 Å². The normalized spacial score (nSPS) is 9.30. The third kappa shape index (κ3) is 0.928. The van der Waals surface area contributed by atoms with Gasteiger partial charge in [0.05, 0.1) is 6.33 Å². The summed E-state index contributed by atoms with van der Waals surface area (Å²) in [6.45, 7) is 0. The molecule has 0 atom stereocenters. The maximum atomic E-state index is 10.8. The minimum Gasteiger partial charge on any atom is -0.382 e. The van der Waals surface area contributed by atoms with E-state index in [1.165, 1.54) is 6.33 Å². The summed E-state index contributed by atoms with van der Waals surface area (Å²) in [6.07, 6.45) is 1.26. The van der Waals surface area contributed by atoms with Gasteiger partial charge in [-0.2, -0.15) is 0 Å². The number of anilines is 2. The molecule has 1 rings (SSSR count). The Kier molecular flexibility index (Phi) is 1.57. The van der Waals surface area contributed by atoms with E-state index in [4.69, 9.17) is 5.73 Å². The maximum absolute atomic E-state index is 10.8. The number of hydrogen-bond donors (Lipinski definition) is 3. The second-order valence-corrected chi connectivity index (χ2v) is 1.74. The first kappa shape index (κ1) is 6.60. The third-order valence-electron chi connectivity index (χ3n) is 1.13. The van der Waals surface area contributed by atoms with Crippen molar-refractivity contribution in [1.29, 1.82) is 0 Å². The molecule has 0 aliphatic rings. The lowest BCUT2D eigenvalue weighted by atomic mass is 10.5. The predicted octanol–water partition coefficient (Wildman–Crippen LogP) is -0.606. The second kappa shape index (κ2) is 2.38. The maximum Gasteiger partial charge on any atom is 0.276 e. The highest BCUT2D eigenvalue weighted by Crippen LogP contribution is 2.03. The predicted molar refractivity (Wildman–Crippen MR) is 38.8 cm³/mol. The van der Waals surface area contributed by atoms with E-state index < -0.39 is 0 Å². The summed E-state index contributed by atoms with van der Waals surface area (Å²) >= 11 is 0. The average Bonchev–Trinajstić information content (AvgIpc) is 1.88. The molecular weight excluding hydrogens is 132 g/mol. The van der Waals surface area contributed by atoms with E-state index in [0.29, 0.717) is 5.69 Å². The third-order valence-corrected chi connectivity index (χ3v) is 1.13. The van der Waals surface area contributed by atoms with Gasteiger partial charge in [-0.1, -0.05) is 0 Å². The Morgan fingerprint density at radius 1 is 1.80 bits per heavy atom. The molecule has 0 unspecified atom stereocenters. The first-order valence-electron chi connectivity index (χ1n) is 2.76. The molecule has 0 radical (unpaired) electrons. The van der Waals surface area contributed by atoms with Gasteiger partial charge in [-0.3, -0.25) is 4.79 Å². The number of nitrogen functional groups attached to an aromatic ring is 1. The van der Waals surface area contributed by atoms with Gasteiger partial charge in [0, 0.05) is 7.05 Å². The van der Waals surface area contributed by atoms with Crippen LogP contribution in [-0.2, 0) is 0 Å². The van der Waals surface area contributed by atoms with Gasteiger partial charge >= 0.3 is 0 Å². The fraction of sp³-hybridized carbons (Fsp3) is 0.200. The minimum absolute atomic E-state index is 0.214. The number of aromatic nitrogens is 2. The zero-order valence-corrected chi connectivity index (χ0v) is 5.51. The molecule has 4 N–H and O–H groups in total. The summed E-state index contributed by atoms with van der Waals surface area (Å²) in [5.74, 6) is 0.214. The van der Waals surface area contributed by atoms with Crippen molar-refractivity contribution in [2.24, 2.45) is 0 Å². The smallest absolute Gasteiger partial charge is 0.276 e. The quantitative estimate of drug-likeness (QED) is 0.486. The summed E-state index contributed by atoms with van der Waals surface area (Å²) in [5, 5.41) is 2.63. The first-order valence-corrected chi connectivity index (χ1v) is 2.76. The van der Waals surface area contributed by atoms with Crippen molar-refractivity contribution in [2.75, 3.05) is 18.1 Å². The number of H-pyrrole nitrogens is 1. The summed E-state index contributed by atoms with van der Waals surface area (Å²) in [6, 6.07) is 0. The van der Waals surface area contributed by atoms with Gasteiger partial charge in [-0.25, -0.2) is 4.98 Å². The van der Waals surface area contributed by atoms with Gasteiger partial charge in [0.1, 0.15) is 5.69 Å². The first-order chi connectivity index (χ1) is 4.75. The minimum atomic E-state index is -0.255. The molecule has 1 aromatic heterocycles. The molecule has 0 aliphatic carbocycles. The Morgan fingerprint density at radius 2 is 2.50 bits per heavy atom. The lowest BCUT2D eigenvalue weighted by Gasteiger charge is -1.98. The average molecular weight is 140 g/mol. The largest absolute Gasteiger partial charge is 0.382 e. The summed E-state index contributed by atoms with van der Waals surface area (Å²) in [5.41, 5.74) is 5.39. The molecule has 0 saturated heterocycles. The Labute approximate surface area is 57.3 Å². The number of hydrogen-bond acceptors (Lipinski definition) is 4. The van der Waals surface area contributed by atoms with Gasteiger partial charge in [-0.05, 0) is 0 Å². The van der Waals surface area contributed by atoms with Gasteiger partial charge in [-0.15, -0.1) is 0 Å². The highest BCUT2D eigenvalue weighted by Gasteiger charge is 1.99. The van der Waals surface area contributed by atoms with Gasteiger partial charge in [0.25, 0.3) is 5.56 Å². The summed E-state index contributed by atoms with van der Waals surface area (Å²) in [4.78, 5) is 16.9. The van der Waals surface area contributed by atoms with Crippen LogP contribution in [-0.4, -0.2) is 17.0 Å². The molecule has 0 fully saturated rings. The highest BCUT2D eigenvalue weighted by atomic mass is 16.1. The Hall–Kier alpha value is -1.52. The van der Waals surface area contributed by atoms with Gasteiger partial charge < -0.3 is 16.0 Å². The van der Waals surface area contributed by atoms with Crippen LogP contribution in [0, 0.1) is 0 Å². The van der Waals surface area contributed by atoms with Crippen LogP contribution in [0.25, 0.3) is 0 Å². The highest BCUT2D eigenvalue weighted by molar-refractivity contribution is 5.58. The van der Waals surface area contributed by atoms with Crippen LogP contribution in [0.4, 0.5) is 11.5 Å². The standard InChI is InChI=1S/C5H8N4O/c1-7-3-4(6)8-2-9-5(3)10/h2,7H,1H3,(H3,6,8,9,10). The van der Waals surface area contributed by atoms with Gasteiger partial charge in [0.15, 0.2) is 5.82 Å². The Morgan fingerprint density at radius 3 is 2.90 bits per heavy atom. The number of nitrogens with zero attached hydrogens (tertiary/aromatic N) is 1. The molecule has 0 amide bonds. The zero-order chi connectivity index (χ0) is 7.56. The van der Waals surface area contributed by atoms with Crippen molar-refractivity contribution < 1.29 is 0 Å². The summed E-state index contributed by atoms with van der Waals surface area (Å²) < 4.78 is 0. The monoisotopic (exact) mass is 140 g/mol. The van der Waals surface area contributed by atoms with Crippen LogP contribution in [0.3, 0.4) is 0 Å². The molecule has 0 saturated carbocycles. The van der Waals surface area contributed by atoms with Gasteiger partial charge in [0.2, 0.25) is 0 Å². The second-order valence-electron chi connectivity index (χ2n) is 1.74. The summed E-state index contributed by atoms with van der Waals surface area (Å²) in [7, 11) is 1.61. The SMILES string of the molecule is CNc1c(N)nc[nH]c1=O. The molecule has 0 bridgehead atoms. The number of rotatable bonds is 1. The lowest BCUT2D eigenvalue weighted by molar-refractivity contribution is 1.12. The van der Waals surface area contributed by atoms with Crippen molar-refractivity contribution >= 4 is 11.5 Å². The van der Waals surface area contributed by atoms with Crippen LogP contribution in [0.2, 0.25) is 0 Å². The number of nitrogens with one attached hydrogen (secondary N) is 2. The van der Waals surface area contributed by atoms with E-state index in [2.05, 4.69) is 15.3 Å². The van der Waals surface area contributed by atoms with E-state index >= 15 is 0 Å². The molecule has 0 spiro atoms. The lowest BCUT2D eigenvalue weighted by Crippen LogP contribution is -2.14. The van der Waals surface area contributed by atoms with E-state index in [1.54, 1.807) is 7.05 Å². The molecule has 1 heterocycles. The van der Waals surface area contributed by atoms with Crippen molar-refractivity contribution in [3.63, 3.8) is 0 Å². The fourth-order valence-corrected chi connectivity index (χ4v) is 0.655. The van der Waals surface area contributed by atoms with E-state index in [1.807, 2.05) is 0 Å². The van der Waals surface area contributed by atoms with Crippen LogP contribution in [0.1, 0.15) is 0 Å². The number of nitrogens with two attached hydrogens (primary N) is 1. The zero-order valence-electron chi connectivity index (χ0n) is 5.51. The number of aromatic amines is 1. The van der Waals surface area contributed by atoms with Crippen molar-refractivity contribution in [2.45, 2.75) is 0 Å². The molecule has 54 valence electrons. The molecule has 5 nitrogen and oxygen atoms in total. The van der Waals surface area contributed by atoms with Crippen molar-refractivity contribution in [1.82, 2.24) is 9.97 Å². The van der Waals surface area contributed by atoms with E-state index in [0.717, 1.165) is 0 Å². The van der Waals surface area contributed by atoms with Crippen LogP contribution < -0.4 is 16.6 Å². The van der Waals surface area contributed by atoms with Crippen molar-refractivity contribution in [3.05, 3.63) is 16.7 Å². The topological polar surface area (TPSA) is 83.8 Å². The van der Waals surface area contributed by atoms with E-state index in [-0.39, 0.29) is 11.4 Å². The Bertz CT molecular complexity index is 279. The Balaban J connectivity index is 3.31. The fourth-order valence-electron chi connectivity index (χ4n) is 0.655. The van der Waals surface area contributed by atoms with E-state index in [9.17, 15) is 4.79 Å². The van der Waals surface area contributed by atoms with Crippen LogP contribution in [0.5, 0.6) is 0 Å². The molecule has 0 aromatic carbocycles. The van der Waals surface area contributed by atoms with Crippen LogP contribution in [0.15, 0.2) is 11.1 Å². The van der Waals surface area contributed by atoms with Crippen molar-refractivity contribution in [3.8, 4) is 0 Å². The molecule has 5 heteroatoms. The molecule has 1 aromatic rings. The molecule has 10 heavy (non-hydrogen) atoms. The molecular formula is C5H8N4O. The molecule has 0 aliphatic heterocycles.